The molecule has 0 amide bonds. The largest absolute Gasteiger partial charge is 0.469 e. The Labute approximate surface area is 75.6 Å². The highest BCUT2D eigenvalue weighted by atomic mass is 16.4. The number of rotatable bonds is 3. The van der Waals surface area contributed by atoms with Crippen molar-refractivity contribution in [3.05, 3.63) is 36.1 Å². The Morgan fingerprint density at radius 1 is 1.46 bits per heavy atom. The Hall–Kier alpha value is -1.71. The highest BCUT2D eigenvalue weighted by Crippen LogP contribution is 2.13. The zero-order valence-corrected chi connectivity index (χ0v) is 7.28. The molecule has 4 heteroatoms. The fraction of sp³-hybridized carbons (Fsp3) is 0.222. The van der Waals surface area contributed by atoms with Crippen LogP contribution in [0.5, 0.6) is 0 Å². The van der Waals surface area contributed by atoms with Gasteiger partial charge in [0.2, 0.25) is 0 Å². The molecule has 0 saturated carbocycles. The van der Waals surface area contributed by atoms with Gasteiger partial charge in [-0.15, -0.1) is 0 Å². The minimum absolute atomic E-state index is 0.529. The normalized spacial score (nSPS) is 10.2. The van der Waals surface area contributed by atoms with Crippen LogP contribution in [0.25, 0.3) is 0 Å². The van der Waals surface area contributed by atoms with Crippen molar-refractivity contribution >= 4 is 6.01 Å². The molecule has 0 aromatic carbocycles. The first-order chi connectivity index (χ1) is 6.38. The first kappa shape index (κ1) is 7.91. The van der Waals surface area contributed by atoms with Crippen molar-refractivity contribution in [2.75, 3.05) is 12.4 Å². The predicted molar refractivity (Wildman–Crippen MR) is 47.6 cm³/mol. The Morgan fingerprint density at radius 2 is 2.38 bits per heavy atom. The number of hydrogen-bond donors (Lipinski definition) is 1. The number of aromatic nitrogens is 1. The monoisotopic (exact) mass is 178 g/mol. The van der Waals surface area contributed by atoms with Crippen LogP contribution in [0.3, 0.4) is 0 Å². The molecular weight excluding hydrogens is 168 g/mol. The molecule has 0 unspecified atom stereocenters. The van der Waals surface area contributed by atoms with E-state index in [2.05, 4.69) is 10.3 Å². The van der Waals surface area contributed by atoms with E-state index in [1.165, 1.54) is 0 Å². The molecule has 0 aliphatic heterocycles. The zero-order valence-electron chi connectivity index (χ0n) is 7.28. The molecule has 1 N–H and O–H groups in total. The summed E-state index contributed by atoms with van der Waals surface area (Å²) in [7, 11) is 1.77. The Bertz CT molecular complexity index is 365. The fourth-order valence-corrected chi connectivity index (χ4v) is 1.09. The maximum absolute atomic E-state index is 5.32. The van der Waals surface area contributed by atoms with E-state index in [9.17, 15) is 0 Å². The topological polar surface area (TPSA) is 51.2 Å². The molecule has 0 fully saturated rings. The molecular formula is C9H10N2O2. The summed E-state index contributed by atoms with van der Waals surface area (Å²) in [5, 5.41) is 2.82. The van der Waals surface area contributed by atoms with Crippen molar-refractivity contribution in [3.63, 3.8) is 0 Å². The Balaban J connectivity index is 2.10. The third-order valence-corrected chi connectivity index (χ3v) is 1.70. The number of nitrogens with zero attached hydrogens (tertiary/aromatic N) is 1. The van der Waals surface area contributed by atoms with E-state index < -0.39 is 0 Å². The van der Waals surface area contributed by atoms with Gasteiger partial charge >= 0.3 is 0 Å². The SMILES string of the molecule is CNc1ncc(Cc2ccco2)o1. The molecule has 2 heterocycles. The number of nitrogens with one attached hydrogen (secondary N) is 1. The first-order valence-corrected chi connectivity index (χ1v) is 4.03. The van der Waals surface area contributed by atoms with Crippen LogP contribution < -0.4 is 5.32 Å². The number of hydrogen-bond acceptors (Lipinski definition) is 4. The summed E-state index contributed by atoms with van der Waals surface area (Å²) in [6, 6.07) is 4.29. The van der Waals surface area contributed by atoms with Crippen LogP contribution in [-0.2, 0) is 6.42 Å². The van der Waals surface area contributed by atoms with Crippen LogP contribution in [0.15, 0.2) is 33.4 Å². The number of furan rings is 1. The second-order valence-corrected chi connectivity index (χ2v) is 2.64. The van der Waals surface area contributed by atoms with Crippen molar-refractivity contribution in [2.24, 2.45) is 0 Å². The van der Waals surface area contributed by atoms with Crippen LogP contribution in [-0.4, -0.2) is 12.0 Å². The summed E-state index contributed by atoms with van der Waals surface area (Å²) >= 11 is 0. The highest BCUT2D eigenvalue weighted by molar-refractivity contribution is 5.20. The molecule has 0 aliphatic carbocycles. The molecule has 0 saturated heterocycles. The molecule has 13 heavy (non-hydrogen) atoms. The van der Waals surface area contributed by atoms with Crippen LogP contribution in [0, 0.1) is 0 Å². The standard InChI is InChI=1S/C9H10N2O2/c1-10-9-11-6-8(13-9)5-7-3-2-4-12-7/h2-4,6H,5H2,1H3,(H,10,11). The molecule has 0 spiro atoms. The van der Waals surface area contributed by atoms with Gasteiger partial charge in [0.1, 0.15) is 11.5 Å². The van der Waals surface area contributed by atoms with Gasteiger partial charge in [-0.3, -0.25) is 0 Å². The quantitative estimate of drug-likeness (QED) is 0.779. The molecule has 0 bridgehead atoms. The maximum Gasteiger partial charge on any atom is 0.294 e. The van der Waals surface area contributed by atoms with Gasteiger partial charge in [0.15, 0.2) is 0 Å². The van der Waals surface area contributed by atoms with Crippen molar-refractivity contribution in [1.29, 1.82) is 0 Å². The number of oxazole rings is 1. The Kier molecular flexibility index (Phi) is 2.04. The minimum atomic E-state index is 0.529. The van der Waals surface area contributed by atoms with E-state index in [1.54, 1.807) is 19.5 Å². The lowest BCUT2D eigenvalue weighted by molar-refractivity contribution is 0.480. The van der Waals surface area contributed by atoms with E-state index in [0.29, 0.717) is 12.4 Å². The van der Waals surface area contributed by atoms with E-state index in [0.717, 1.165) is 11.5 Å². The minimum Gasteiger partial charge on any atom is -0.469 e. The zero-order chi connectivity index (χ0) is 9.10. The molecule has 2 rings (SSSR count). The van der Waals surface area contributed by atoms with E-state index in [1.807, 2.05) is 12.1 Å². The third-order valence-electron chi connectivity index (χ3n) is 1.70. The lowest BCUT2D eigenvalue weighted by atomic mass is 10.3. The molecule has 2 aromatic rings. The van der Waals surface area contributed by atoms with Crippen LogP contribution in [0.2, 0.25) is 0 Å². The highest BCUT2D eigenvalue weighted by Gasteiger charge is 2.04. The first-order valence-electron chi connectivity index (χ1n) is 4.03. The molecule has 0 aliphatic rings. The van der Waals surface area contributed by atoms with E-state index in [4.69, 9.17) is 8.83 Å². The van der Waals surface area contributed by atoms with Crippen molar-refractivity contribution in [3.8, 4) is 0 Å². The Morgan fingerprint density at radius 3 is 3.00 bits per heavy atom. The average Bonchev–Trinajstić information content (AvgIpc) is 2.76. The second-order valence-electron chi connectivity index (χ2n) is 2.64. The van der Waals surface area contributed by atoms with Gasteiger partial charge in [0, 0.05) is 7.05 Å². The van der Waals surface area contributed by atoms with E-state index in [-0.39, 0.29) is 0 Å². The second kappa shape index (κ2) is 3.35. The van der Waals surface area contributed by atoms with Crippen molar-refractivity contribution < 1.29 is 8.83 Å². The van der Waals surface area contributed by atoms with Crippen LogP contribution in [0.4, 0.5) is 6.01 Å². The smallest absolute Gasteiger partial charge is 0.294 e. The summed E-state index contributed by atoms with van der Waals surface area (Å²) in [5.41, 5.74) is 0. The summed E-state index contributed by atoms with van der Waals surface area (Å²) < 4.78 is 10.5. The maximum atomic E-state index is 5.32. The third kappa shape index (κ3) is 1.72. The molecule has 0 atom stereocenters. The molecule has 4 nitrogen and oxygen atoms in total. The lowest BCUT2D eigenvalue weighted by Gasteiger charge is -1.91. The summed E-state index contributed by atoms with van der Waals surface area (Å²) in [6.07, 6.45) is 3.97. The van der Waals surface area contributed by atoms with Gasteiger partial charge in [-0.05, 0) is 12.1 Å². The van der Waals surface area contributed by atoms with Crippen LogP contribution >= 0.6 is 0 Å². The van der Waals surface area contributed by atoms with Crippen molar-refractivity contribution in [1.82, 2.24) is 4.98 Å². The average molecular weight is 178 g/mol. The molecule has 68 valence electrons. The van der Waals surface area contributed by atoms with Crippen LogP contribution in [0.1, 0.15) is 11.5 Å². The number of anilines is 1. The van der Waals surface area contributed by atoms with Gasteiger partial charge in [-0.2, -0.15) is 0 Å². The fourth-order valence-electron chi connectivity index (χ4n) is 1.09. The lowest BCUT2D eigenvalue weighted by Crippen LogP contribution is -1.85. The van der Waals surface area contributed by atoms with Gasteiger partial charge in [0.25, 0.3) is 6.01 Å². The van der Waals surface area contributed by atoms with Gasteiger partial charge in [-0.25, -0.2) is 4.98 Å². The van der Waals surface area contributed by atoms with Gasteiger partial charge in [0.05, 0.1) is 18.9 Å². The van der Waals surface area contributed by atoms with Crippen molar-refractivity contribution in [2.45, 2.75) is 6.42 Å². The van der Waals surface area contributed by atoms with Gasteiger partial charge < -0.3 is 14.2 Å². The summed E-state index contributed by atoms with van der Waals surface area (Å²) in [4.78, 5) is 4.00. The summed E-state index contributed by atoms with van der Waals surface area (Å²) in [5.74, 6) is 1.66. The molecule has 2 aromatic heterocycles. The molecule has 0 radical (unpaired) electrons. The predicted octanol–water partition coefficient (Wildman–Crippen LogP) is 1.90. The summed E-state index contributed by atoms with van der Waals surface area (Å²) in [6.45, 7) is 0. The van der Waals surface area contributed by atoms with E-state index >= 15 is 0 Å². The van der Waals surface area contributed by atoms with Gasteiger partial charge in [-0.1, -0.05) is 0 Å².